The molecule has 0 radical (unpaired) electrons. The van der Waals surface area contributed by atoms with Gasteiger partial charge in [-0.1, -0.05) is 32.9 Å². The van der Waals surface area contributed by atoms with Gasteiger partial charge in [0.2, 0.25) is 5.91 Å². The minimum atomic E-state index is -3.66. The summed E-state index contributed by atoms with van der Waals surface area (Å²) >= 11 is 0. The van der Waals surface area contributed by atoms with Crippen molar-refractivity contribution in [3.8, 4) is 6.07 Å². The molecule has 1 aliphatic carbocycles. The number of carbonyl (C=O) groups is 1. The largest absolute Gasteiger partial charge is 0.336 e. The molecule has 138 valence electrons. The van der Waals surface area contributed by atoms with Crippen molar-refractivity contribution < 1.29 is 13.2 Å². The van der Waals surface area contributed by atoms with E-state index in [2.05, 4.69) is 21.1 Å². The first-order valence-corrected chi connectivity index (χ1v) is 9.97. The summed E-state index contributed by atoms with van der Waals surface area (Å²) in [4.78, 5) is 17.4. The van der Waals surface area contributed by atoms with E-state index in [0.29, 0.717) is 24.8 Å². The van der Waals surface area contributed by atoms with Gasteiger partial charge < -0.3 is 5.32 Å². The number of hydrogen-bond donors (Lipinski definition) is 2. The smallest absolute Gasteiger partial charge is 0.263 e. The fourth-order valence-corrected chi connectivity index (χ4v) is 4.11. The molecule has 1 aromatic rings. The van der Waals surface area contributed by atoms with Crippen LogP contribution in [0.25, 0.3) is 0 Å². The van der Waals surface area contributed by atoms with Gasteiger partial charge in [0.1, 0.15) is 17.4 Å². The van der Waals surface area contributed by atoms with Crippen molar-refractivity contribution in [1.29, 1.82) is 5.26 Å². The zero-order valence-corrected chi connectivity index (χ0v) is 15.9. The predicted octanol–water partition coefficient (Wildman–Crippen LogP) is 1.70. The zero-order valence-electron chi connectivity index (χ0n) is 15.0. The molecule has 1 aliphatic heterocycles. The van der Waals surface area contributed by atoms with Crippen LogP contribution in [0, 0.1) is 16.7 Å². The summed E-state index contributed by atoms with van der Waals surface area (Å²) in [7, 11) is -3.66. The van der Waals surface area contributed by atoms with Crippen LogP contribution >= 0.6 is 0 Å². The van der Waals surface area contributed by atoms with Gasteiger partial charge in [0.15, 0.2) is 0 Å². The number of hydrogen-bond acceptors (Lipinski definition) is 5. The molecule has 0 aromatic heterocycles. The van der Waals surface area contributed by atoms with Gasteiger partial charge in [-0.05, 0) is 36.8 Å². The summed E-state index contributed by atoms with van der Waals surface area (Å²) in [5.74, 6) is -0.179. The molecule has 1 atom stereocenters. The first-order valence-electron chi connectivity index (χ1n) is 8.49. The maximum absolute atomic E-state index is 12.8. The molecule has 0 spiro atoms. The molecule has 1 aromatic carbocycles. The zero-order chi connectivity index (χ0) is 19.2. The Balaban J connectivity index is 1.95. The fraction of sp³-hybridized carbons (Fsp3) is 0.500. The summed E-state index contributed by atoms with van der Waals surface area (Å²) in [5, 5.41) is 12.0. The lowest BCUT2D eigenvalue weighted by molar-refractivity contribution is -0.123. The lowest BCUT2D eigenvalue weighted by atomic mass is 9.88. The van der Waals surface area contributed by atoms with Gasteiger partial charge in [0, 0.05) is 5.56 Å². The highest BCUT2D eigenvalue weighted by Crippen LogP contribution is 2.35. The van der Waals surface area contributed by atoms with E-state index in [1.807, 2.05) is 20.8 Å². The Hall–Kier alpha value is -2.40. The molecular weight excluding hydrogens is 352 g/mol. The van der Waals surface area contributed by atoms with Crippen LogP contribution in [0.1, 0.15) is 45.6 Å². The number of fused-ring (bicyclic) bond motifs is 1. The van der Waals surface area contributed by atoms with E-state index >= 15 is 0 Å². The second-order valence-corrected chi connectivity index (χ2v) is 9.69. The van der Waals surface area contributed by atoms with Gasteiger partial charge in [0.25, 0.3) is 10.0 Å². The number of aliphatic imine (C=N–C) groups is 1. The van der Waals surface area contributed by atoms with Crippen LogP contribution in [0.3, 0.4) is 0 Å². The summed E-state index contributed by atoms with van der Waals surface area (Å²) in [6.07, 6.45) is 1.68. The number of nitrogens with one attached hydrogen (secondary N) is 2. The molecule has 3 rings (SSSR count). The molecule has 2 aliphatic rings. The molecule has 1 fully saturated rings. The third-order valence-corrected chi connectivity index (χ3v) is 5.78. The lowest BCUT2D eigenvalue weighted by Gasteiger charge is -2.24. The normalized spacial score (nSPS) is 22.0. The van der Waals surface area contributed by atoms with Crippen molar-refractivity contribution in [2.45, 2.75) is 56.5 Å². The van der Waals surface area contributed by atoms with E-state index in [1.54, 1.807) is 18.2 Å². The number of sulfonamides is 1. The minimum Gasteiger partial charge on any atom is -0.336 e. The monoisotopic (exact) mass is 374 g/mol. The first kappa shape index (κ1) is 18.4. The van der Waals surface area contributed by atoms with Gasteiger partial charge in [-0.3, -0.25) is 14.5 Å². The van der Waals surface area contributed by atoms with E-state index < -0.39 is 21.6 Å². The van der Waals surface area contributed by atoms with Crippen molar-refractivity contribution in [2.24, 2.45) is 10.4 Å². The number of nitriles is 1. The quantitative estimate of drug-likeness (QED) is 0.835. The first-order chi connectivity index (χ1) is 12.1. The molecule has 1 heterocycles. The van der Waals surface area contributed by atoms with Crippen molar-refractivity contribution in [2.75, 3.05) is 0 Å². The van der Waals surface area contributed by atoms with Gasteiger partial charge in [-0.15, -0.1) is 0 Å². The van der Waals surface area contributed by atoms with E-state index in [0.717, 1.165) is 0 Å². The molecule has 7 nitrogen and oxygen atoms in total. The average Bonchev–Trinajstić information content (AvgIpc) is 3.27. The molecule has 26 heavy (non-hydrogen) atoms. The molecule has 0 saturated heterocycles. The Morgan fingerprint density at radius 1 is 1.38 bits per heavy atom. The molecule has 1 saturated carbocycles. The van der Waals surface area contributed by atoms with Crippen molar-refractivity contribution in [3.63, 3.8) is 0 Å². The average molecular weight is 374 g/mol. The molecule has 2 N–H and O–H groups in total. The maximum Gasteiger partial charge on any atom is 0.263 e. The number of rotatable bonds is 4. The number of carbonyl (C=O) groups excluding carboxylic acids is 1. The number of benzene rings is 1. The van der Waals surface area contributed by atoms with Crippen LogP contribution < -0.4 is 10.0 Å². The van der Waals surface area contributed by atoms with E-state index in [-0.39, 0.29) is 22.1 Å². The van der Waals surface area contributed by atoms with Crippen molar-refractivity contribution in [3.05, 3.63) is 29.8 Å². The Bertz CT molecular complexity index is 918. The number of nitrogens with zero attached hydrogens (tertiary/aromatic N) is 2. The molecular formula is C18H22N4O3S. The SMILES string of the molecule is CC(C)(C)C[C@H](N=C1NS(=O)(=O)c2ccccc21)C(=O)NC1(C#N)CC1. The third-order valence-electron chi connectivity index (χ3n) is 4.38. The molecule has 0 bridgehead atoms. The standard InChI is InChI=1S/C18H22N4O3S/c1-17(2,3)10-13(16(23)21-18(11-19)8-9-18)20-15-12-6-4-5-7-14(12)26(24,25)22-15/h4-7,13H,8-10H2,1-3H3,(H,20,22)(H,21,23)/t13-/m0/s1. The second-order valence-electron chi connectivity index (χ2n) is 8.04. The van der Waals surface area contributed by atoms with E-state index in [1.165, 1.54) is 6.07 Å². The highest BCUT2D eigenvalue weighted by Gasteiger charge is 2.46. The van der Waals surface area contributed by atoms with Crippen LogP contribution in [-0.4, -0.2) is 31.7 Å². The molecule has 1 amide bonds. The molecule has 0 unspecified atom stereocenters. The van der Waals surface area contributed by atoms with Gasteiger partial charge in [0.05, 0.1) is 11.0 Å². The summed E-state index contributed by atoms with van der Waals surface area (Å²) in [6, 6.07) is 7.88. The predicted molar refractivity (Wildman–Crippen MR) is 96.9 cm³/mol. The van der Waals surface area contributed by atoms with Crippen LogP contribution in [0.2, 0.25) is 0 Å². The van der Waals surface area contributed by atoms with Gasteiger partial charge in [-0.2, -0.15) is 5.26 Å². The molecule has 8 heteroatoms. The Labute approximate surface area is 153 Å². The summed E-state index contributed by atoms with van der Waals surface area (Å²) in [6.45, 7) is 5.95. The number of amidine groups is 1. The van der Waals surface area contributed by atoms with Crippen LogP contribution in [-0.2, 0) is 14.8 Å². The topological polar surface area (TPSA) is 111 Å². The Morgan fingerprint density at radius 3 is 2.62 bits per heavy atom. The third kappa shape index (κ3) is 3.73. The highest BCUT2D eigenvalue weighted by molar-refractivity contribution is 7.90. The van der Waals surface area contributed by atoms with E-state index in [9.17, 15) is 18.5 Å². The summed E-state index contributed by atoms with van der Waals surface area (Å²) in [5.41, 5.74) is -0.534. The van der Waals surface area contributed by atoms with E-state index in [4.69, 9.17) is 0 Å². The minimum absolute atomic E-state index is 0.157. The van der Waals surface area contributed by atoms with Crippen molar-refractivity contribution >= 4 is 21.8 Å². The van der Waals surface area contributed by atoms with Gasteiger partial charge >= 0.3 is 0 Å². The second kappa shape index (κ2) is 6.09. The number of amides is 1. The van der Waals surface area contributed by atoms with Crippen LogP contribution in [0.5, 0.6) is 0 Å². The summed E-state index contributed by atoms with van der Waals surface area (Å²) < 4.78 is 26.9. The fourth-order valence-electron chi connectivity index (χ4n) is 2.87. The highest BCUT2D eigenvalue weighted by atomic mass is 32.2. The Kier molecular flexibility index (Phi) is 4.31. The maximum atomic E-state index is 12.8. The van der Waals surface area contributed by atoms with Crippen LogP contribution in [0.15, 0.2) is 34.2 Å². The van der Waals surface area contributed by atoms with Crippen LogP contribution in [0.4, 0.5) is 0 Å². The lowest BCUT2D eigenvalue weighted by Crippen LogP contribution is -2.43. The van der Waals surface area contributed by atoms with Crippen molar-refractivity contribution in [1.82, 2.24) is 10.0 Å². The Morgan fingerprint density at radius 2 is 2.04 bits per heavy atom. The van der Waals surface area contributed by atoms with Gasteiger partial charge in [-0.25, -0.2) is 8.42 Å².